The topological polar surface area (TPSA) is 55.0 Å². The van der Waals surface area contributed by atoms with Gasteiger partial charge in [0.25, 0.3) is 5.56 Å². The smallest absolute Gasteiger partial charge is 0.251 e. The first-order chi connectivity index (χ1) is 8.79. The van der Waals surface area contributed by atoms with E-state index in [4.69, 9.17) is 4.74 Å². The molecule has 4 nitrogen and oxygen atoms in total. The second-order valence-corrected chi connectivity index (χ2v) is 4.00. The summed E-state index contributed by atoms with van der Waals surface area (Å²) in [5.41, 5.74) is 1.45. The van der Waals surface area contributed by atoms with E-state index in [-0.39, 0.29) is 5.56 Å². The van der Waals surface area contributed by atoms with Gasteiger partial charge in [0.2, 0.25) is 0 Å². The molecule has 0 bridgehead atoms. The van der Waals surface area contributed by atoms with Crippen LogP contribution in [0.4, 0.5) is 0 Å². The maximum Gasteiger partial charge on any atom is 0.251 e. The van der Waals surface area contributed by atoms with Crippen LogP contribution in [0.5, 0.6) is 0 Å². The van der Waals surface area contributed by atoms with Gasteiger partial charge in [-0.3, -0.25) is 4.79 Å². The van der Waals surface area contributed by atoms with Crippen molar-refractivity contribution < 1.29 is 4.74 Å². The van der Waals surface area contributed by atoms with Crippen molar-refractivity contribution in [1.29, 1.82) is 0 Å². The van der Waals surface area contributed by atoms with E-state index in [0.29, 0.717) is 24.7 Å². The SMILES string of the molecule is CCCOCc1nc(-c2ccccc2)cc(=O)[nH]1. The molecule has 18 heavy (non-hydrogen) atoms. The van der Waals surface area contributed by atoms with Gasteiger partial charge in [-0.2, -0.15) is 0 Å². The number of aromatic nitrogens is 2. The average molecular weight is 244 g/mol. The number of ether oxygens (including phenoxy) is 1. The zero-order valence-corrected chi connectivity index (χ0v) is 10.3. The van der Waals surface area contributed by atoms with E-state index in [1.165, 1.54) is 6.07 Å². The average Bonchev–Trinajstić information content (AvgIpc) is 2.39. The van der Waals surface area contributed by atoms with Gasteiger partial charge in [0.05, 0.1) is 5.69 Å². The Morgan fingerprint density at radius 1 is 1.28 bits per heavy atom. The van der Waals surface area contributed by atoms with Crippen molar-refractivity contribution in [2.24, 2.45) is 0 Å². The van der Waals surface area contributed by atoms with Crippen molar-refractivity contribution in [2.75, 3.05) is 6.61 Å². The summed E-state index contributed by atoms with van der Waals surface area (Å²) >= 11 is 0. The number of H-pyrrole nitrogens is 1. The Balaban J connectivity index is 2.24. The summed E-state index contributed by atoms with van der Waals surface area (Å²) in [5, 5.41) is 0. The van der Waals surface area contributed by atoms with E-state index in [1.54, 1.807) is 0 Å². The van der Waals surface area contributed by atoms with E-state index >= 15 is 0 Å². The zero-order valence-electron chi connectivity index (χ0n) is 10.3. The van der Waals surface area contributed by atoms with Crippen LogP contribution in [0.3, 0.4) is 0 Å². The predicted molar refractivity (Wildman–Crippen MR) is 70.2 cm³/mol. The van der Waals surface area contributed by atoms with Crippen molar-refractivity contribution in [1.82, 2.24) is 9.97 Å². The summed E-state index contributed by atoms with van der Waals surface area (Å²) in [6.45, 7) is 3.04. The lowest BCUT2D eigenvalue weighted by Gasteiger charge is -2.05. The van der Waals surface area contributed by atoms with Crippen molar-refractivity contribution >= 4 is 0 Å². The predicted octanol–water partition coefficient (Wildman–Crippen LogP) is 2.36. The lowest BCUT2D eigenvalue weighted by atomic mass is 10.1. The van der Waals surface area contributed by atoms with Crippen LogP contribution in [-0.2, 0) is 11.3 Å². The molecule has 0 spiro atoms. The van der Waals surface area contributed by atoms with E-state index in [0.717, 1.165) is 12.0 Å². The van der Waals surface area contributed by atoms with Gasteiger partial charge in [-0.1, -0.05) is 37.3 Å². The number of hydrogen-bond donors (Lipinski definition) is 1. The Hall–Kier alpha value is -1.94. The van der Waals surface area contributed by atoms with Gasteiger partial charge in [0, 0.05) is 18.2 Å². The molecule has 2 aromatic rings. The van der Waals surface area contributed by atoms with Crippen LogP contribution < -0.4 is 5.56 Å². The Morgan fingerprint density at radius 2 is 2.06 bits per heavy atom. The molecule has 0 radical (unpaired) electrons. The fourth-order valence-corrected chi connectivity index (χ4v) is 1.65. The molecule has 4 heteroatoms. The van der Waals surface area contributed by atoms with Crippen LogP contribution in [0.2, 0.25) is 0 Å². The molecule has 0 fully saturated rings. The fraction of sp³-hybridized carbons (Fsp3) is 0.286. The molecule has 0 atom stereocenters. The van der Waals surface area contributed by atoms with E-state index in [1.807, 2.05) is 37.3 Å². The third kappa shape index (κ3) is 3.28. The molecule has 1 heterocycles. The number of hydrogen-bond acceptors (Lipinski definition) is 3. The molecule has 1 N–H and O–H groups in total. The third-order valence-corrected chi connectivity index (χ3v) is 2.45. The molecule has 0 saturated carbocycles. The largest absolute Gasteiger partial charge is 0.374 e. The molecule has 1 aromatic carbocycles. The first-order valence-electron chi connectivity index (χ1n) is 6.03. The first-order valence-corrected chi connectivity index (χ1v) is 6.03. The highest BCUT2D eigenvalue weighted by atomic mass is 16.5. The highest BCUT2D eigenvalue weighted by molar-refractivity contribution is 5.58. The summed E-state index contributed by atoms with van der Waals surface area (Å²) in [6.07, 6.45) is 0.947. The minimum absolute atomic E-state index is 0.154. The highest BCUT2D eigenvalue weighted by Gasteiger charge is 2.03. The Morgan fingerprint density at radius 3 is 2.78 bits per heavy atom. The second kappa shape index (κ2) is 6.12. The molecule has 0 amide bonds. The number of nitrogens with one attached hydrogen (secondary N) is 1. The molecule has 0 aliphatic heterocycles. The van der Waals surface area contributed by atoms with Gasteiger partial charge in [0.15, 0.2) is 0 Å². The lowest BCUT2D eigenvalue weighted by Crippen LogP contribution is -2.12. The summed E-state index contributed by atoms with van der Waals surface area (Å²) in [6, 6.07) is 11.1. The third-order valence-electron chi connectivity index (χ3n) is 2.45. The van der Waals surface area contributed by atoms with Gasteiger partial charge in [-0.05, 0) is 6.42 Å². The maximum absolute atomic E-state index is 11.6. The van der Waals surface area contributed by atoms with Crippen LogP contribution in [0.1, 0.15) is 19.2 Å². The lowest BCUT2D eigenvalue weighted by molar-refractivity contribution is 0.116. The Bertz CT molecular complexity index is 549. The zero-order chi connectivity index (χ0) is 12.8. The highest BCUT2D eigenvalue weighted by Crippen LogP contribution is 2.14. The second-order valence-electron chi connectivity index (χ2n) is 4.00. The number of rotatable bonds is 5. The van der Waals surface area contributed by atoms with Gasteiger partial charge >= 0.3 is 0 Å². The monoisotopic (exact) mass is 244 g/mol. The number of nitrogens with zero attached hydrogens (tertiary/aromatic N) is 1. The van der Waals surface area contributed by atoms with Gasteiger partial charge in [-0.15, -0.1) is 0 Å². The standard InChI is InChI=1S/C14H16N2O2/c1-2-8-18-10-13-15-12(9-14(17)16-13)11-6-4-3-5-7-11/h3-7,9H,2,8,10H2,1H3,(H,15,16,17). The summed E-state index contributed by atoms with van der Waals surface area (Å²) in [4.78, 5) is 18.6. The van der Waals surface area contributed by atoms with Gasteiger partial charge < -0.3 is 9.72 Å². The van der Waals surface area contributed by atoms with Crippen LogP contribution >= 0.6 is 0 Å². The molecule has 1 aromatic heterocycles. The molecule has 2 rings (SSSR count). The van der Waals surface area contributed by atoms with Crippen molar-refractivity contribution in [3.05, 3.63) is 52.6 Å². The molecule has 94 valence electrons. The summed E-state index contributed by atoms with van der Waals surface area (Å²) in [7, 11) is 0. The van der Waals surface area contributed by atoms with Crippen molar-refractivity contribution in [2.45, 2.75) is 20.0 Å². The van der Waals surface area contributed by atoms with Crippen molar-refractivity contribution in [3.63, 3.8) is 0 Å². The first kappa shape index (κ1) is 12.5. The van der Waals surface area contributed by atoms with E-state index < -0.39 is 0 Å². The summed E-state index contributed by atoms with van der Waals surface area (Å²) in [5.74, 6) is 0.565. The summed E-state index contributed by atoms with van der Waals surface area (Å²) < 4.78 is 5.38. The molecular formula is C14H16N2O2. The minimum atomic E-state index is -0.154. The Labute approximate surface area is 106 Å². The molecule has 0 aliphatic rings. The van der Waals surface area contributed by atoms with Crippen LogP contribution in [0, 0.1) is 0 Å². The molecular weight excluding hydrogens is 228 g/mol. The molecule has 0 aliphatic carbocycles. The number of benzene rings is 1. The number of aromatic amines is 1. The van der Waals surface area contributed by atoms with Crippen LogP contribution in [0.25, 0.3) is 11.3 Å². The van der Waals surface area contributed by atoms with Gasteiger partial charge in [0.1, 0.15) is 12.4 Å². The van der Waals surface area contributed by atoms with E-state index in [2.05, 4.69) is 9.97 Å². The maximum atomic E-state index is 11.6. The van der Waals surface area contributed by atoms with Crippen LogP contribution in [-0.4, -0.2) is 16.6 Å². The Kier molecular flexibility index (Phi) is 4.25. The molecule has 0 unspecified atom stereocenters. The fourth-order valence-electron chi connectivity index (χ4n) is 1.65. The van der Waals surface area contributed by atoms with Crippen LogP contribution in [0.15, 0.2) is 41.2 Å². The normalized spacial score (nSPS) is 10.5. The van der Waals surface area contributed by atoms with Crippen molar-refractivity contribution in [3.8, 4) is 11.3 Å². The minimum Gasteiger partial charge on any atom is -0.374 e. The molecule has 0 saturated heterocycles. The van der Waals surface area contributed by atoms with E-state index in [9.17, 15) is 4.79 Å². The quantitative estimate of drug-likeness (QED) is 0.821. The van der Waals surface area contributed by atoms with Gasteiger partial charge in [-0.25, -0.2) is 4.98 Å².